The molecule has 0 amide bonds. The summed E-state index contributed by atoms with van der Waals surface area (Å²) in [5.74, 6) is 4.74. The summed E-state index contributed by atoms with van der Waals surface area (Å²) in [6, 6.07) is 0. The number of hydrogen-bond donors (Lipinski definition) is 2. The first-order chi connectivity index (χ1) is 3.91. The molecule has 0 rings (SSSR count). The van der Waals surface area contributed by atoms with Crippen LogP contribution in [0, 0.1) is 0 Å². The molecule has 56 valence electrons. The van der Waals surface area contributed by atoms with Crippen LogP contribution in [0.1, 0.15) is 12.8 Å². The standard InChI is InChI=1S/C4H12N4.H2O/c5-3-1-2-4-7-8-6;/h1-5H2,(H2,6,7);1H2. The highest BCUT2D eigenvalue weighted by molar-refractivity contribution is 4.41. The van der Waals surface area contributed by atoms with Gasteiger partial charge in [-0.25, -0.2) is 0 Å². The predicted molar refractivity (Wildman–Crippen MR) is 35.8 cm³/mol. The average Bonchev–Trinajstić information content (AvgIpc) is 1.81. The third-order valence-electron chi connectivity index (χ3n) is 0.794. The lowest BCUT2D eigenvalue weighted by atomic mass is 10.3. The smallest absolute Gasteiger partial charge is 0.0620 e. The van der Waals surface area contributed by atoms with Gasteiger partial charge in [0.05, 0.1) is 6.54 Å². The molecule has 9 heavy (non-hydrogen) atoms. The zero-order chi connectivity index (χ0) is 6.24. The van der Waals surface area contributed by atoms with Gasteiger partial charge in [-0.3, -0.25) is 0 Å². The maximum Gasteiger partial charge on any atom is 0.0620 e. The van der Waals surface area contributed by atoms with E-state index in [2.05, 4.69) is 10.3 Å². The maximum absolute atomic E-state index is 5.21. The van der Waals surface area contributed by atoms with Crippen LogP contribution in [0.5, 0.6) is 0 Å². The number of unbranched alkanes of at least 4 members (excludes halogenated alkanes) is 1. The molecule has 0 aliphatic rings. The van der Waals surface area contributed by atoms with Crippen molar-refractivity contribution >= 4 is 0 Å². The van der Waals surface area contributed by atoms with Gasteiger partial charge in [0.2, 0.25) is 0 Å². The molecule has 0 radical (unpaired) electrons. The fourth-order valence-corrected chi connectivity index (χ4v) is 0.385. The van der Waals surface area contributed by atoms with E-state index in [4.69, 9.17) is 11.6 Å². The second-order valence-corrected chi connectivity index (χ2v) is 1.48. The van der Waals surface area contributed by atoms with Crippen molar-refractivity contribution in [3.05, 3.63) is 0 Å². The van der Waals surface area contributed by atoms with Crippen molar-refractivity contribution in [2.75, 3.05) is 13.1 Å². The van der Waals surface area contributed by atoms with Crippen LogP contribution in [0.15, 0.2) is 10.3 Å². The number of hydrogen-bond acceptors (Lipinski definition) is 3. The summed E-state index contributed by atoms with van der Waals surface area (Å²) < 4.78 is 0. The number of nitrogens with two attached hydrogens (primary N) is 2. The molecule has 0 aromatic rings. The van der Waals surface area contributed by atoms with Gasteiger partial charge in [-0.2, -0.15) is 5.11 Å². The Hall–Kier alpha value is -0.680. The van der Waals surface area contributed by atoms with Crippen molar-refractivity contribution in [3.63, 3.8) is 0 Å². The molecule has 6 N–H and O–H groups in total. The minimum absolute atomic E-state index is 0. The number of nitrogens with zero attached hydrogens (tertiary/aromatic N) is 2. The van der Waals surface area contributed by atoms with Crippen molar-refractivity contribution in [2.45, 2.75) is 12.8 Å². The first kappa shape index (κ1) is 11.2. The fraction of sp³-hybridized carbons (Fsp3) is 1.00. The van der Waals surface area contributed by atoms with E-state index in [1.54, 1.807) is 0 Å². The van der Waals surface area contributed by atoms with Gasteiger partial charge in [0, 0.05) is 0 Å². The van der Waals surface area contributed by atoms with E-state index in [1.807, 2.05) is 0 Å². The van der Waals surface area contributed by atoms with Gasteiger partial charge >= 0.3 is 0 Å². The largest absolute Gasteiger partial charge is 0.412 e. The minimum atomic E-state index is 0. The van der Waals surface area contributed by atoms with Crippen molar-refractivity contribution in [1.29, 1.82) is 0 Å². The van der Waals surface area contributed by atoms with Crippen LogP contribution in [0.3, 0.4) is 0 Å². The molecular weight excluding hydrogens is 120 g/mol. The van der Waals surface area contributed by atoms with Gasteiger partial charge in [-0.1, -0.05) is 5.22 Å². The molecule has 0 aromatic carbocycles. The van der Waals surface area contributed by atoms with Gasteiger partial charge < -0.3 is 17.1 Å². The Morgan fingerprint density at radius 2 is 1.89 bits per heavy atom. The van der Waals surface area contributed by atoms with Crippen LogP contribution < -0.4 is 11.6 Å². The zero-order valence-corrected chi connectivity index (χ0v) is 5.38. The normalized spacial score (nSPS) is 9.44. The van der Waals surface area contributed by atoms with Crippen LogP contribution in [0.2, 0.25) is 0 Å². The Balaban J connectivity index is 0. The molecule has 0 unspecified atom stereocenters. The highest BCUT2D eigenvalue weighted by Gasteiger charge is 1.80. The Labute approximate surface area is 54.4 Å². The molecule has 5 nitrogen and oxygen atoms in total. The summed E-state index contributed by atoms with van der Waals surface area (Å²) in [5, 5.41) is 6.65. The van der Waals surface area contributed by atoms with E-state index >= 15 is 0 Å². The lowest BCUT2D eigenvalue weighted by molar-refractivity contribution is 0.727. The highest BCUT2D eigenvalue weighted by atomic mass is 16.0. The average molecular weight is 134 g/mol. The Morgan fingerprint density at radius 3 is 2.33 bits per heavy atom. The van der Waals surface area contributed by atoms with E-state index in [9.17, 15) is 0 Å². The maximum atomic E-state index is 5.21. The Bertz CT molecular complexity index is 65.6. The van der Waals surface area contributed by atoms with E-state index in [1.165, 1.54) is 0 Å². The monoisotopic (exact) mass is 134 g/mol. The lowest BCUT2D eigenvalue weighted by Crippen LogP contribution is -1.98. The minimum Gasteiger partial charge on any atom is -0.412 e. The predicted octanol–water partition coefficient (Wildman–Crippen LogP) is -0.773. The van der Waals surface area contributed by atoms with Gasteiger partial charge in [0.25, 0.3) is 0 Å². The first-order valence-corrected chi connectivity index (χ1v) is 2.68. The zero-order valence-electron chi connectivity index (χ0n) is 5.38. The van der Waals surface area contributed by atoms with Crippen LogP contribution in [-0.4, -0.2) is 18.6 Å². The summed E-state index contributed by atoms with van der Waals surface area (Å²) in [7, 11) is 0. The summed E-state index contributed by atoms with van der Waals surface area (Å²) in [4.78, 5) is 0. The molecular formula is C4H14N4O. The van der Waals surface area contributed by atoms with E-state index in [0.717, 1.165) is 19.4 Å². The lowest BCUT2D eigenvalue weighted by Gasteiger charge is -1.88. The van der Waals surface area contributed by atoms with Crippen molar-refractivity contribution < 1.29 is 5.48 Å². The van der Waals surface area contributed by atoms with E-state index in [0.29, 0.717) is 6.54 Å². The van der Waals surface area contributed by atoms with Crippen molar-refractivity contribution in [3.8, 4) is 0 Å². The van der Waals surface area contributed by atoms with Gasteiger partial charge in [-0.15, -0.1) is 0 Å². The molecule has 0 bridgehead atoms. The van der Waals surface area contributed by atoms with Gasteiger partial charge in [-0.05, 0) is 19.4 Å². The quantitative estimate of drug-likeness (QED) is 0.228. The van der Waals surface area contributed by atoms with E-state index in [-0.39, 0.29) is 5.48 Å². The van der Waals surface area contributed by atoms with Gasteiger partial charge in [0.1, 0.15) is 0 Å². The third-order valence-corrected chi connectivity index (χ3v) is 0.794. The molecule has 0 fully saturated rings. The summed E-state index contributed by atoms with van der Waals surface area (Å²) in [6.45, 7) is 1.42. The molecule has 0 saturated carbocycles. The highest BCUT2D eigenvalue weighted by Crippen LogP contribution is 1.84. The molecule has 5 heteroatoms. The van der Waals surface area contributed by atoms with Crippen LogP contribution in [-0.2, 0) is 0 Å². The van der Waals surface area contributed by atoms with Crippen molar-refractivity contribution in [2.24, 2.45) is 21.9 Å². The summed E-state index contributed by atoms with van der Waals surface area (Å²) in [6.07, 6.45) is 1.98. The number of rotatable bonds is 4. The molecule has 0 saturated heterocycles. The van der Waals surface area contributed by atoms with Crippen LogP contribution >= 0.6 is 0 Å². The topological polar surface area (TPSA) is 108 Å². The molecule has 0 spiro atoms. The van der Waals surface area contributed by atoms with Crippen LogP contribution in [0.25, 0.3) is 0 Å². The van der Waals surface area contributed by atoms with Crippen molar-refractivity contribution in [1.82, 2.24) is 0 Å². The van der Waals surface area contributed by atoms with E-state index < -0.39 is 0 Å². The third kappa shape index (κ3) is 11.1. The second-order valence-electron chi connectivity index (χ2n) is 1.48. The van der Waals surface area contributed by atoms with Crippen LogP contribution in [0.4, 0.5) is 0 Å². The summed E-state index contributed by atoms with van der Waals surface area (Å²) in [5.41, 5.74) is 5.21. The summed E-state index contributed by atoms with van der Waals surface area (Å²) >= 11 is 0. The molecule has 0 aliphatic carbocycles. The Kier molecular flexibility index (Phi) is 12.8. The fourth-order valence-electron chi connectivity index (χ4n) is 0.385. The molecule has 0 atom stereocenters. The molecule has 0 aromatic heterocycles. The second kappa shape index (κ2) is 10.3. The first-order valence-electron chi connectivity index (χ1n) is 2.68. The molecule has 0 aliphatic heterocycles. The SMILES string of the molecule is NCCCCN=NN.O. The molecule has 0 heterocycles. The van der Waals surface area contributed by atoms with Gasteiger partial charge in [0.15, 0.2) is 0 Å². The Morgan fingerprint density at radius 1 is 1.22 bits per heavy atom.